The Morgan fingerprint density at radius 3 is 2.61 bits per heavy atom. The van der Waals surface area contributed by atoms with Gasteiger partial charge in [0.25, 0.3) is 16.0 Å². The summed E-state index contributed by atoms with van der Waals surface area (Å²) in [6.07, 6.45) is 1.92. The first-order valence-corrected chi connectivity index (χ1v) is 9.90. The Morgan fingerprint density at radius 2 is 1.93 bits per heavy atom. The Labute approximate surface area is 165 Å². The number of nitrogens with zero attached hydrogens (tertiary/aromatic N) is 1. The zero-order chi connectivity index (χ0) is 20.7. The Morgan fingerprint density at radius 1 is 1.25 bits per heavy atom. The van der Waals surface area contributed by atoms with Crippen molar-refractivity contribution in [2.75, 3.05) is 6.26 Å². The van der Waals surface area contributed by atoms with Gasteiger partial charge < -0.3 is 4.98 Å². The molecule has 0 aliphatic rings. The van der Waals surface area contributed by atoms with Crippen LogP contribution in [0.25, 0.3) is 10.9 Å². The molecule has 0 bridgehead atoms. The van der Waals surface area contributed by atoms with E-state index < -0.39 is 15.9 Å². The number of aliphatic imine (C=N–C) groups is 1. The van der Waals surface area contributed by atoms with Gasteiger partial charge in [-0.1, -0.05) is 23.7 Å². The largest absolute Gasteiger partial charge is 0.350 e. The fraction of sp³-hybridized carbons (Fsp3) is 0.0588. The molecule has 8 nitrogen and oxygen atoms in total. The monoisotopic (exact) mass is 426 g/mol. The standard InChI is InChI=1S/C16H12ClFN4O.CH4O3S/c17-11-5-6-13-10(7-11)8-15(21-13)16(23)22-20-9-19-14-4-2-1-3-12(14)18;1-5(2,3)4/h1-9,21H,(H,19,20)(H,22,23);1H3,(H,2,3,4). The van der Waals surface area contributed by atoms with Crippen molar-refractivity contribution >= 4 is 50.6 Å². The predicted molar refractivity (Wildman–Crippen MR) is 106 cm³/mol. The van der Waals surface area contributed by atoms with Gasteiger partial charge in [-0.2, -0.15) is 8.42 Å². The molecule has 11 heteroatoms. The number of nitrogens with one attached hydrogen (secondary N) is 3. The maximum Gasteiger partial charge on any atom is 0.286 e. The van der Waals surface area contributed by atoms with Gasteiger partial charge in [0.1, 0.15) is 23.5 Å². The highest BCUT2D eigenvalue weighted by molar-refractivity contribution is 7.85. The van der Waals surface area contributed by atoms with E-state index in [2.05, 4.69) is 20.8 Å². The fourth-order valence-electron chi connectivity index (χ4n) is 2.05. The number of halogens is 2. The lowest BCUT2D eigenvalue weighted by Crippen LogP contribution is -2.36. The van der Waals surface area contributed by atoms with Crippen LogP contribution in [0.1, 0.15) is 10.5 Å². The third kappa shape index (κ3) is 6.99. The van der Waals surface area contributed by atoms with E-state index in [9.17, 15) is 17.6 Å². The first-order chi connectivity index (χ1) is 13.1. The molecule has 2 aromatic carbocycles. The van der Waals surface area contributed by atoms with Gasteiger partial charge in [0.05, 0.1) is 6.26 Å². The Hall–Kier alpha value is -2.95. The lowest BCUT2D eigenvalue weighted by atomic mass is 10.2. The van der Waals surface area contributed by atoms with Crippen LogP contribution in [0.4, 0.5) is 10.1 Å². The number of carbonyl (C=O) groups excluding carboxylic acids is 1. The number of H-pyrrole nitrogens is 1. The summed E-state index contributed by atoms with van der Waals surface area (Å²) in [5, 5.41) is 1.43. The molecule has 0 saturated carbocycles. The van der Waals surface area contributed by atoms with Crippen molar-refractivity contribution in [2.45, 2.75) is 0 Å². The summed E-state index contributed by atoms with van der Waals surface area (Å²) in [6.45, 7) is 0. The number of carbonyl (C=O) groups is 1. The molecule has 0 radical (unpaired) electrons. The Kier molecular flexibility index (Phi) is 7.10. The van der Waals surface area contributed by atoms with Crippen molar-refractivity contribution in [1.29, 1.82) is 0 Å². The molecule has 1 heterocycles. The van der Waals surface area contributed by atoms with Gasteiger partial charge in [0.2, 0.25) is 0 Å². The van der Waals surface area contributed by atoms with E-state index in [1.165, 1.54) is 18.5 Å². The van der Waals surface area contributed by atoms with Crippen molar-refractivity contribution in [3.8, 4) is 0 Å². The summed E-state index contributed by atoms with van der Waals surface area (Å²) in [5.74, 6) is -0.818. The predicted octanol–water partition coefficient (Wildman–Crippen LogP) is 3.06. The minimum atomic E-state index is -3.67. The van der Waals surface area contributed by atoms with Crippen LogP contribution in [-0.4, -0.2) is 36.5 Å². The van der Waals surface area contributed by atoms with Gasteiger partial charge in [-0.25, -0.2) is 9.38 Å². The van der Waals surface area contributed by atoms with Gasteiger partial charge in [0, 0.05) is 15.9 Å². The van der Waals surface area contributed by atoms with Gasteiger partial charge in [0.15, 0.2) is 0 Å². The first kappa shape index (κ1) is 21.4. The third-order valence-corrected chi connectivity index (χ3v) is 3.37. The van der Waals surface area contributed by atoms with E-state index in [4.69, 9.17) is 16.2 Å². The molecule has 0 atom stereocenters. The Balaban J connectivity index is 0.000000500. The first-order valence-electron chi connectivity index (χ1n) is 7.67. The lowest BCUT2D eigenvalue weighted by molar-refractivity contribution is 0.0940. The summed E-state index contributed by atoms with van der Waals surface area (Å²) in [6, 6.07) is 13.1. The van der Waals surface area contributed by atoms with Crippen LogP contribution in [0.15, 0.2) is 53.5 Å². The van der Waals surface area contributed by atoms with Crippen LogP contribution in [0, 0.1) is 5.82 Å². The summed E-state index contributed by atoms with van der Waals surface area (Å²) in [5.41, 5.74) is 6.30. The van der Waals surface area contributed by atoms with Crippen LogP contribution in [-0.2, 0) is 10.1 Å². The highest BCUT2D eigenvalue weighted by atomic mass is 35.5. The number of hydrogen-bond acceptors (Lipinski definition) is 4. The number of hydrazine groups is 1. The van der Waals surface area contributed by atoms with E-state index >= 15 is 0 Å². The van der Waals surface area contributed by atoms with Crippen LogP contribution in [0.3, 0.4) is 0 Å². The van der Waals surface area contributed by atoms with Crippen molar-refractivity contribution in [3.63, 3.8) is 0 Å². The van der Waals surface area contributed by atoms with Crippen LogP contribution in [0.2, 0.25) is 5.02 Å². The van der Waals surface area contributed by atoms with Gasteiger partial charge in [-0.15, -0.1) is 0 Å². The van der Waals surface area contributed by atoms with Crippen molar-refractivity contribution in [1.82, 2.24) is 15.8 Å². The zero-order valence-electron chi connectivity index (χ0n) is 14.5. The Bertz CT molecular complexity index is 1110. The maximum absolute atomic E-state index is 13.3. The molecule has 0 aliphatic carbocycles. The number of hydrogen-bond donors (Lipinski definition) is 4. The van der Waals surface area contributed by atoms with Crippen LogP contribution >= 0.6 is 11.6 Å². The van der Waals surface area contributed by atoms with E-state index in [-0.39, 0.29) is 11.6 Å². The molecule has 0 fully saturated rings. The minimum absolute atomic E-state index is 0.175. The number of rotatable bonds is 4. The van der Waals surface area contributed by atoms with Crippen molar-refractivity contribution in [2.24, 2.45) is 4.99 Å². The number of aromatic nitrogens is 1. The summed E-state index contributed by atoms with van der Waals surface area (Å²) < 4.78 is 39.2. The van der Waals surface area contributed by atoms with Crippen LogP contribution in [0.5, 0.6) is 0 Å². The molecule has 0 unspecified atom stereocenters. The molecule has 28 heavy (non-hydrogen) atoms. The molecule has 4 N–H and O–H groups in total. The van der Waals surface area contributed by atoms with E-state index in [1.807, 2.05) is 0 Å². The van der Waals surface area contributed by atoms with E-state index in [0.717, 1.165) is 10.9 Å². The van der Waals surface area contributed by atoms with Crippen LogP contribution < -0.4 is 10.9 Å². The average Bonchev–Trinajstić information content (AvgIpc) is 3.01. The molecular weight excluding hydrogens is 411 g/mol. The zero-order valence-corrected chi connectivity index (χ0v) is 16.1. The van der Waals surface area contributed by atoms with E-state index in [0.29, 0.717) is 17.0 Å². The lowest BCUT2D eigenvalue weighted by Gasteiger charge is -2.02. The van der Waals surface area contributed by atoms with E-state index in [1.54, 1.807) is 36.4 Å². The third-order valence-electron chi connectivity index (χ3n) is 3.13. The topological polar surface area (TPSA) is 124 Å². The van der Waals surface area contributed by atoms with Gasteiger partial charge >= 0.3 is 0 Å². The molecular formula is C17H16ClFN4O4S. The molecule has 3 rings (SSSR count). The molecule has 148 valence electrons. The second-order valence-electron chi connectivity index (χ2n) is 5.46. The molecule has 3 aromatic rings. The second-order valence-corrected chi connectivity index (χ2v) is 7.36. The second kappa shape index (κ2) is 9.31. The smallest absolute Gasteiger partial charge is 0.286 e. The number of benzene rings is 2. The van der Waals surface area contributed by atoms with Crippen molar-refractivity contribution in [3.05, 3.63) is 65.1 Å². The summed E-state index contributed by atoms with van der Waals surface area (Å²) in [4.78, 5) is 18.9. The molecule has 0 spiro atoms. The molecule has 0 aliphatic heterocycles. The highest BCUT2D eigenvalue weighted by Gasteiger charge is 2.08. The number of fused-ring (bicyclic) bond motifs is 1. The maximum atomic E-state index is 13.3. The molecule has 1 aromatic heterocycles. The molecule has 1 amide bonds. The summed E-state index contributed by atoms with van der Waals surface area (Å²) in [7, 11) is -3.67. The highest BCUT2D eigenvalue weighted by Crippen LogP contribution is 2.20. The summed E-state index contributed by atoms with van der Waals surface area (Å²) >= 11 is 5.91. The number of para-hydroxylation sites is 1. The molecule has 0 saturated heterocycles. The number of amides is 1. The van der Waals surface area contributed by atoms with Gasteiger partial charge in [-0.3, -0.25) is 20.2 Å². The average molecular weight is 427 g/mol. The SMILES string of the molecule is CS(=O)(=O)O.O=C(NNC=Nc1ccccc1F)c1cc2cc(Cl)ccc2[nH]1. The van der Waals surface area contributed by atoms with Crippen molar-refractivity contribution < 1.29 is 22.2 Å². The fourth-order valence-corrected chi connectivity index (χ4v) is 2.23. The normalized spacial score (nSPS) is 11.1. The van der Waals surface area contributed by atoms with Gasteiger partial charge in [-0.05, 0) is 36.4 Å². The minimum Gasteiger partial charge on any atom is -0.350 e. The number of aromatic amines is 1. The quantitative estimate of drug-likeness (QED) is 0.221.